The molecule has 2 rings (SSSR count). The zero-order chi connectivity index (χ0) is 18.2. The zero-order valence-corrected chi connectivity index (χ0v) is 14.7. The van der Waals surface area contributed by atoms with Crippen molar-refractivity contribution in [1.82, 2.24) is 5.43 Å². The van der Waals surface area contributed by atoms with E-state index in [-0.39, 0.29) is 12.3 Å². The van der Waals surface area contributed by atoms with Crippen LogP contribution < -0.4 is 14.9 Å². The molecule has 0 aliphatic heterocycles. The molecule has 0 aliphatic carbocycles. The van der Waals surface area contributed by atoms with Crippen LogP contribution in [0.1, 0.15) is 5.56 Å². The van der Waals surface area contributed by atoms with Crippen molar-refractivity contribution in [2.75, 3.05) is 13.7 Å². The topological polar surface area (TPSA) is 103 Å². The van der Waals surface area contributed by atoms with Crippen LogP contribution in [0, 0.1) is 10.1 Å². The second-order valence-corrected chi connectivity index (χ2v) is 5.58. The number of nitrogens with one attached hydrogen (secondary N) is 1. The van der Waals surface area contributed by atoms with E-state index in [9.17, 15) is 14.9 Å². The first-order valence-corrected chi connectivity index (χ1v) is 7.81. The van der Waals surface area contributed by atoms with Crippen LogP contribution in [-0.4, -0.2) is 30.8 Å². The lowest BCUT2D eigenvalue weighted by Crippen LogP contribution is -2.24. The van der Waals surface area contributed by atoms with Gasteiger partial charge in [-0.05, 0) is 39.7 Å². The number of amides is 1. The number of hydrazone groups is 1. The van der Waals surface area contributed by atoms with Crippen molar-refractivity contribution in [3.63, 3.8) is 0 Å². The molecule has 9 heteroatoms. The Morgan fingerprint density at radius 1 is 1.36 bits per heavy atom. The summed E-state index contributed by atoms with van der Waals surface area (Å²) in [6.45, 7) is -0.286. The number of halogens is 1. The number of methoxy groups -OCH3 is 1. The van der Waals surface area contributed by atoms with E-state index >= 15 is 0 Å². The van der Waals surface area contributed by atoms with Gasteiger partial charge in [0.2, 0.25) is 0 Å². The van der Waals surface area contributed by atoms with Crippen molar-refractivity contribution >= 4 is 33.7 Å². The summed E-state index contributed by atoms with van der Waals surface area (Å²) in [7, 11) is 1.56. The van der Waals surface area contributed by atoms with Crippen molar-refractivity contribution in [3.05, 3.63) is 62.6 Å². The monoisotopic (exact) mass is 407 g/mol. The molecular weight excluding hydrogens is 394 g/mol. The third kappa shape index (κ3) is 5.57. The summed E-state index contributed by atoms with van der Waals surface area (Å²) in [5, 5.41) is 14.5. The van der Waals surface area contributed by atoms with Gasteiger partial charge in [0.1, 0.15) is 11.5 Å². The van der Waals surface area contributed by atoms with Crippen molar-refractivity contribution < 1.29 is 19.2 Å². The van der Waals surface area contributed by atoms with Gasteiger partial charge in [-0.2, -0.15) is 5.10 Å². The van der Waals surface area contributed by atoms with E-state index in [1.165, 1.54) is 24.4 Å². The molecular formula is C16H14BrN3O5. The van der Waals surface area contributed by atoms with Crippen LogP contribution in [0.3, 0.4) is 0 Å². The van der Waals surface area contributed by atoms with E-state index in [0.29, 0.717) is 16.0 Å². The maximum atomic E-state index is 11.7. The lowest BCUT2D eigenvalue weighted by molar-refractivity contribution is -0.384. The SMILES string of the molecule is COc1cccc(/C=N\NC(=O)COc2ccc([N+](=O)[O-])cc2Br)c1. The molecule has 0 saturated heterocycles. The van der Waals surface area contributed by atoms with Crippen LogP contribution in [0.25, 0.3) is 0 Å². The second-order valence-electron chi connectivity index (χ2n) is 4.73. The predicted molar refractivity (Wildman–Crippen MR) is 95.0 cm³/mol. The van der Waals surface area contributed by atoms with Gasteiger partial charge in [-0.3, -0.25) is 14.9 Å². The van der Waals surface area contributed by atoms with E-state index in [0.717, 1.165) is 5.56 Å². The Morgan fingerprint density at radius 2 is 2.16 bits per heavy atom. The highest BCUT2D eigenvalue weighted by atomic mass is 79.9. The summed E-state index contributed by atoms with van der Waals surface area (Å²) >= 11 is 3.16. The molecule has 1 N–H and O–H groups in total. The van der Waals surface area contributed by atoms with Gasteiger partial charge in [0.05, 0.1) is 22.7 Å². The molecule has 2 aromatic carbocycles. The zero-order valence-electron chi connectivity index (χ0n) is 13.1. The number of rotatable bonds is 7. The van der Waals surface area contributed by atoms with Gasteiger partial charge in [-0.1, -0.05) is 12.1 Å². The number of nitro benzene ring substituents is 1. The second kappa shape index (κ2) is 8.78. The Balaban J connectivity index is 1.86. The van der Waals surface area contributed by atoms with E-state index in [1.54, 1.807) is 25.3 Å². The number of hydrogen-bond acceptors (Lipinski definition) is 6. The summed E-state index contributed by atoms with van der Waals surface area (Å²) in [6, 6.07) is 11.2. The molecule has 8 nitrogen and oxygen atoms in total. The average Bonchev–Trinajstić information content (AvgIpc) is 2.60. The van der Waals surface area contributed by atoms with Crippen LogP contribution in [0.5, 0.6) is 11.5 Å². The minimum atomic E-state index is -0.519. The number of hydrogen-bond donors (Lipinski definition) is 1. The van der Waals surface area contributed by atoms with Crippen LogP contribution in [0.2, 0.25) is 0 Å². The molecule has 2 aromatic rings. The highest BCUT2D eigenvalue weighted by Crippen LogP contribution is 2.28. The quantitative estimate of drug-likeness (QED) is 0.431. The van der Waals surface area contributed by atoms with Crippen LogP contribution in [0.15, 0.2) is 52.0 Å². The van der Waals surface area contributed by atoms with E-state index in [1.807, 2.05) is 6.07 Å². The van der Waals surface area contributed by atoms with Gasteiger partial charge < -0.3 is 9.47 Å². The molecule has 0 radical (unpaired) electrons. The fourth-order valence-corrected chi connectivity index (χ4v) is 2.28. The number of benzene rings is 2. The Kier molecular flexibility index (Phi) is 6.47. The molecule has 0 heterocycles. The summed E-state index contributed by atoms with van der Waals surface area (Å²) in [6.07, 6.45) is 1.47. The molecule has 0 unspecified atom stereocenters. The third-order valence-corrected chi connectivity index (χ3v) is 3.60. The first kappa shape index (κ1) is 18.4. The Morgan fingerprint density at radius 3 is 2.84 bits per heavy atom. The largest absolute Gasteiger partial charge is 0.497 e. The molecule has 25 heavy (non-hydrogen) atoms. The third-order valence-electron chi connectivity index (χ3n) is 2.98. The molecule has 1 amide bonds. The summed E-state index contributed by atoms with van der Waals surface area (Å²) in [4.78, 5) is 21.9. The fraction of sp³-hybridized carbons (Fsp3) is 0.125. The number of carbonyl (C=O) groups is 1. The summed E-state index contributed by atoms with van der Waals surface area (Å²) < 4.78 is 10.8. The number of ether oxygens (including phenoxy) is 2. The number of nitro groups is 1. The Labute approximate surface area is 151 Å². The van der Waals surface area contributed by atoms with Crippen molar-refractivity contribution in [2.45, 2.75) is 0 Å². The van der Waals surface area contributed by atoms with Gasteiger partial charge in [0, 0.05) is 12.1 Å². The molecule has 130 valence electrons. The van der Waals surface area contributed by atoms with E-state index in [2.05, 4.69) is 26.5 Å². The lowest BCUT2D eigenvalue weighted by Gasteiger charge is -2.06. The smallest absolute Gasteiger partial charge is 0.277 e. The maximum Gasteiger partial charge on any atom is 0.277 e. The normalized spacial score (nSPS) is 10.5. The predicted octanol–water partition coefficient (Wildman–Crippen LogP) is 2.90. The standard InChI is InChI=1S/C16H14BrN3O5/c1-24-13-4-2-3-11(7-13)9-18-19-16(21)10-25-15-6-5-12(20(22)23)8-14(15)17/h2-9H,10H2,1H3,(H,19,21)/b18-9-. The summed E-state index contributed by atoms with van der Waals surface area (Å²) in [5.74, 6) is 0.531. The van der Waals surface area contributed by atoms with Gasteiger partial charge in [-0.15, -0.1) is 0 Å². The minimum Gasteiger partial charge on any atom is -0.497 e. The van der Waals surface area contributed by atoms with Gasteiger partial charge in [-0.25, -0.2) is 5.43 Å². The maximum absolute atomic E-state index is 11.7. The van der Waals surface area contributed by atoms with Gasteiger partial charge in [0.25, 0.3) is 11.6 Å². The van der Waals surface area contributed by atoms with Crippen LogP contribution in [-0.2, 0) is 4.79 Å². The highest BCUT2D eigenvalue weighted by molar-refractivity contribution is 9.10. The van der Waals surface area contributed by atoms with E-state index in [4.69, 9.17) is 9.47 Å². The number of non-ortho nitro benzene ring substituents is 1. The fourth-order valence-electron chi connectivity index (χ4n) is 1.80. The van der Waals surface area contributed by atoms with E-state index < -0.39 is 10.8 Å². The van der Waals surface area contributed by atoms with Crippen molar-refractivity contribution in [2.24, 2.45) is 5.10 Å². The molecule has 0 atom stereocenters. The molecule has 0 bridgehead atoms. The number of nitrogens with zero attached hydrogens (tertiary/aromatic N) is 2. The van der Waals surface area contributed by atoms with Crippen molar-refractivity contribution in [1.29, 1.82) is 0 Å². The molecule has 0 spiro atoms. The summed E-state index contributed by atoms with van der Waals surface area (Å²) in [5.41, 5.74) is 3.01. The van der Waals surface area contributed by atoms with Gasteiger partial charge >= 0.3 is 0 Å². The minimum absolute atomic E-state index is 0.0773. The van der Waals surface area contributed by atoms with Crippen LogP contribution >= 0.6 is 15.9 Å². The van der Waals surface area contributed by atoms with Crippen LogP contribution in [0.4, 0.5) is 5.69 Å². The highest BCUT2D eigenvalue weighted by Gasteiger charge is 2.11. The Hall–Kier alpha value is -2.94. The first-order chi connectivity index (χ1) is 12.0. The molecule has 0 aliphatic rings. The molecule has 0 aromatic heterocycles. The Bertz CT molecular complexity index is 810. The average molecular weight is 408 g/mol. The first-order valence-electron chi connectivity index (χ1n) is 7.02. The van der Waals surface area contributed by atoms with Crippen molar-refractivity contribution in [3.8, 4) is 11.5 Å². The molecule has 0 saturated carbocycles. The lowest BCUT2D eigenvalue weighted by atomic mass is 10.2. The molecule has 0 fully saturated rings. The van der Waals surface area contributed by atoms with Gasteiger partial charge in [0.15, 0.2) is 6.61 Å². The number of carbonyl (C=O) groups excluding carboxylic acids is 1.